The molecule has 1 amide bonds. The third-order valence-electron chi connectivity index (χ3n) is 4.69. The summed E-state index contributed by atoms with van der Waals surface area (Å²) in [6.07, 6.45) is 4.29. The highest BCUT2D eigenvalue weighted by Gasteiger charge is 2.21. The van der Waals surface area contributed by atoms with Gasteiger partial charge < -0.3 is 9.64 Å². The number of esters is 1. The molecule has 2 aromatic carbocycles. The number of hydrogen-bond donors (Lipinski definition) is 0. The molecule has 0 atom stereocenters. The van der Waals surface area contributed by atoms with Crippen LogP contribution in [0.3, 0.4) is 0 Å². The number of benzene rings is 2. The fourth-order valence-corrected chi connectivity index (χ4v) is 3.08. The van der Waals surface area contributed by atoms with E-state index in [-0.39, 0.29) is 5.91 Å². The van der Waals surface area contributed by atoms with Crippen LogP contribution in [-0.4, -0.2) is 61.5 Å². The molecule has 5 heteroatoms. The van der Waals surface area contributed by atoms with Crippen molar-refractivity contribution < 1.29 is 14.3 Å². The molecule has 0 N–H and O–H groups in total. The Morgan fingerprint density at radius 1 is 0.926 bits per heavy atom. The van der Waals surface area contributed by atoms with Crippen molar-refractivity contribution in [1.82, 2.24) is 9.80 Å². The van der Waals surface area contributed by atoms with Crippen LogP contribution in [0.5, 0.6) is 0 Å². The standard InChI is InChI=1S/C22H24N2O3/c1-27-22(26)20-11-9-19(10-12-20)21(25)24-16-14-23(15-17-24)13-5-8-18-6-3-2-4-7-18/h2-12H,13-17H2,1H3. The quantitative estimate of drug-likeness (QED) is 0.766. The van der Waals surface area contributed by atoms with Crippen molar-refractivity contribution in [2.24, 2.45) is 0 Å². The summed E-state index contributed by atoms with van der Waals surface area (Å²) < 4.78 is 4.68. The summed E-state index contributed by atoms with van der Waals surface area (Å²) in [5, 5.41) is 0. The van der Waals surface area contributed by atoms with Gasteiger partial charge in [0.1, 0.15) is 0 Å². The molecular weight excluding hydrogens is 340 g/mol. The molecule has 0 aliphatic carbocycles. The summed E-state index contributed by atoms with van der Waals surface area (Å²) in [4.78, 5) is 28.3. The predicted molar refractivity (Wildman–Crippen MR) is 106 cm³/mol. The molecule has 1 saturated heterocycles. The Kier molecular flexibility index (Phi) is 6.39. The van der Waals surface area contributed by atoms with Crippen LogP contribution in [0.2, 0.25) is 0 Å². The highest BCUT2D eigenvalue weighted by molar-refractivity contribution is 5.96. The Hall–Kier alpha value is -2.92. The van der Waals surface area contributed by atoms with E-state index in [9.17, 15) is 9.59 Å². The van der Waals surface area contributed by atoms with Crippen molar-refractivity contribution >= 4 is 18.0 Å². The number of hydrogen-bond acceptors (Lipinski definition) is 4. The van der Waals surface area contributed by atoms with Crippen LogP contribution < -0.4 is 0 Å². The van der Waals surface area contributed by atoms with Crippen molar-refractivity contribution in [2.75, 3.05) is 39.8 Å². The van der Waals surface area contributed by atoms with Crippen LogP contribution >= 0.6 is 0 Å². The van der Waals surface area contributed by atoms with Gasteiger partial charge in [0.15, 0.2) is 0 Å². The summed E-state index contributed by atoms with van der Waals surface area (Å²) in [5.41, 5.74) is 2.24. The van der Waals surface area contributed by atoms with Gasteiger partial charge in [-0.05, 0) is 29.8 Å². The van der Waals surface area contributed by atoms with Crippen LogP contribution in [0, 0.1) is 0 Å². The van der Waals surface area contributed by atoms with Gasteiger partial charge in [0, 0.05) is 38.3 Å². The minimum absolute atomic E-state index is 0.00546. The van der Waals surface area contributed by atoms with E-state index in [2.05, 4.69) is 33.9 Å². The third-order valence-corrected chi connectivity index (χ3v) is 4.69. The Bertz CT molecular complexity index is 792. The first-order valence-corrected chi connectivity index (χ1v) is 9.09. The Balaban J connectivity index is 1.49. The molecule has 2 aromatic rings. The summed E-state index contributed by atoms with van der Waals surface area (Å²) in [5.74, 6) is -0.392. The monoisotopic (exact) mass is 364 g/mol. The average molecular weight is 364 g/mol. The Morgan fingerprint density at radius 2 is 1.56 bits per heavy atom. The number of amides is 1. The molecule has 140 valence electrons. The molecular formula is C22H24N2O3. The first kappa shape index (κ1) is 18.9. The van der Waals surface area contributed by atoms with Crippen molar-refractivity contribution in [2.45, 2.75) is 0 Å². The van der Waals surface area contributed by atoms with Gasteiger partial charge in [0.2, 0.25) is 0 Å². The molecule has 1 heterocycles. The minimum atomic E-state index is -0.397. The molecule has 0 bridgehead atoms. The van der Waals surface area contributed by atoms with Gasteiger partial charge in [-0.2, -0.15) is 0 Å². The first-order chi connectivity index (χ1) is 13.2. The van der Waals surface area contributed by atoms with E-state index < -0.39 is 5.97 Å². The zero-order chi connectivity index (χ0) is 19.1. The second-order valence-electron chi connectivity index (χ2n) is 6.47. The number of nitrogens with zero attached hydrogens (tertiary/aromatic N) is 2. The molecule has 1 aliphatic rings. The maximum Gasteiger partial charge on any atom is 0.337 e. The van der Waals surface area contributed by atoms with Gasteiger partial charge in [-0.25, -0.2) is 4.79 Å². The smallest absolute Gasteiger partial charge is 0.337 e. The lowest BCUT2D eigenvalue weighted by Gasteiger charge is -2.34. The zero-order valence-corrected chi connectivity index (χ0v) is 15.5. The topological polar surface area (TPSA) is 49.9 Å². The number of carbonyl (C=O) groups excluding carboxylic acids is 2. The predicted octanol–water partition coefficient (Wildman–Crippen LogP) is 2.94. The lowest BCUT2D eigenvalue weighted by Crippen LogP contribution is -2.48. The van der Waals surface area contributed by atoms with Crippen molar-refractivity contribution in [3.05, 3.63) is 77.4 Å². The van der Waals surface area contributed by atoms with E-state index in [0.29, 0.717) is 24.2 Å². The minimum Gasteiger partial charge on any atom is -0.465 e. The molecule has 0 aromatic heterocycles. The van der Waals surface area contributed by atoms with Crippen LogP contribution in [0.25, 0.3) is 6.08 Å². The number of ether oxygens (including phenoxy) is 1. The van der Waals surface area contributed by atoms with E-state index in [4.69, 9.17) is 0 Å². The van der Waals surface area contributed by atoms with Crippen molar-refractivity contribution in [3.63, 3.8) is 0 Å². The van der Waals surface area contributed by atoms with Crippen LogP contribution in [0.1, 0.15) is 26.3 Å². The maximum absolute atomic E-state index is 12.6. The average Bonchev–Trinajstić information content (AvgIpc) is 2.74. The van der Waals surface area contributed by atoms with E-state index in [1.807, 2.05) is 23.1 Å². The van der Waals surface area contributed by atoms with Crippen molar-refractivity contribution in [1.29, 1.82) is 0 Å². The normalized spacial score (nSPS) is 15.1. The molecule has 0 unspecified atom stereocenters. The number of rotatable bonds is 5. The van der Waals surface area contributed by atoms with Gasteiger partial charge in [-0.1, -0.05) is 42.5 Å². The van der Waals surface area contributed by atoms with Gasteiger partial charge in [0.05, 0.1) is 12.7 Å². The van der Waals surface area contributed by atoms with E-state index in [1.54, 1.807) is 24.3 Å². The SMILES string of the molecule is COC(=O)c1ccc(C(=O)N2CCN(CC=Cc3ccccc3)CC2)cc1. The Labute approximate surface area is 159 Å². The van der Waals surface area contributed by atoms with E-state index >= 15 is 0 Å². The van der Waals surface area contributed by atoms with Gasteiger partial charge in [-0.3, -0.25) is 9.69 Å². The summed E-state index contributed by atoms with van der Waals surface area (Å²) in [7, 11) is 1.34. The van der Waals surface area contributed by atoms with E-state index in [1.165, 1.54) is 12.7 Å². The molecule has 5 nitrogen and oxygen atoms in total. The zero-order valence-electron chi connectivity index (χ0n) is 15.5. The van der Waals surface area contributed by atoms with Crippen molar-refractivity contribution in [3.8, 4) is 0 Å². The molecule has 0 saturated carbocycles. The lowest BCUT2D eigenvalue weighted by molar-refractivity contribution is 0.0598. The van der Waals surface area contributed by atoms with Crippen LogP contribution in [0.15, 0.2) is 60.7 Å². The molecule has 0 radical (unpaired) electrons. The molecule has 3 rings (SSSR count). The highest BCUT2D eigenvalue weighted by Crippen LogP contribution is 2.11. The summed E-state index contributed by atoms with van der Waals surface area (Å²) in [6.45, 7) is 3.99. The maximum atomic E-state index is 12.6. The number of piperazine rings is 1. The van der Waals surface area contributed by atoms with E-state index in [0.717, 1.165) is 19.6 Å². The molecule has 27 heavy (non-hydrogen) atoms. The second-order valence-corrected chi connectivity index (χ2v) is 6.47. The summed E-state index contributed by atoms with van der Waals surface area (Å²) in [6, 6.07) is 16.9. The van der Waals surface area contributed by atoms with Crippen LogP contribution in [0.4, 0.5) is 0 Å². The second kappa shape index (κ2) is 9.14. The Morgan fingerprint density at radius 3 is 2.19 bits per heavy atom. The fourth-order valence-electron chi connectivity index (χ4n) is 3.08. The largest absolute Gasteiger partial charge is 0.465 e. The highest BCUT2D eigenvalue weighted by atomic mass is 16.5. The molecule has 1 aliphatic heterocycles. The first-order valence-electron chi connectivity index (χ1n) is 9.09. The molecule has 0 spiro atoms. The van der Waals surface area contributed by atoms with Gasteiger partial charge in [-0.15, -0.1) is 0 Å². The summed E-state index contributed by atoms with van der Waals surface area (Å²) >= 11 is 0. The van der Waals surface area contributed by atoms with Gasteiger partial charge in [0.25, 0.3) is 5.91 Å². The molecule has 1 fully saturated rings. The van der Waals surface area contributed by atoms with Crippen LogP contribution in [-0.2, 0) is 4.74 Å². The lowest BCUT2D eigenvalue weighted by atomic mass is 10.1. The fraction of sp³-hybridized carbons (Fsp3) is 0.273. The number of carbonyl (C=O) groups is 2. The van der Waals surface area contributed by atoms with Gasteiger partial charge >= 0.3 is 5.97 Å². The third kappa shape index (κ3) is 5.05. The number of methoxy groups -OCH3 is 1.